The Morgan fingerprint density at radius 2 is 1.86 bits per heavy atom. The van der Waals surface area contributed by atoms with E-state index in [0.29, 0.717) is 11.8 Å². The molecule has 6 rings (SSSR count). The van der Waals surface area contributed by atoms with Gasteiger partial charge in [0, 0.05) is 60.6 Å². The number of hydrogen-bond acceptors (Lipinski definition) is 4. The van der Waals surface area contributed by atoms with Gasteiger partial charge in [-0.15, -0.1) is 0 Å². The third-order valence-electron chi connectivity index (χ3n) is 7.81. The molecular formula is C30H30N2O3. The fourth-order valence-corrected chi connectivity index (χ4v) is 6.23. The highest BCUT2D eigenvalue weighted by molar-refractivity contribution is 6.13. The van der Waals surface area contributed by atoms with Crippen molar-refractivity contribution < 1.29 is 9.53 Å². The third kappa shape index (κ3) is 4.14. The molecule has 2 aromatic carbocycles. The molecule has 2 aliphatic heterocycles. The molecule has 2 atom stereocenters. The van der Waals surface area contributed by atoms with Crippen molar-refractivity contribution >= 4 is 11.9 Å². The zero-order chi connectivity index (χ0) is 23.9. The molecule has 1 saturated heterocycles. The van der Waals surface area contributed by atoms with E-state index >= 15 is 0 Å². The summed E-state index contributed by atoms with van der Waals surface area (Å²) in [6.07, 6.45) is 4.87. The molecule has 1 aliphatic carbocycles. The van der Waals surface area contributed by atoms with Crippen LogP contribution in [0.25, 0.3) is 6.08 Å². The van der Waals surface area contributed by atoms with Crippen molar-refractivity contribution in [2.75, 3.05) is 20.2 Å². The van der Waals surface area contributed by atoms with Crippen LogP contribution < -0.4 is 10.3 Å². The number of allylic oxidation sites excluding steroid dienone is 1. The SMILES string of the molecule is COc1ccc(C=C2CCc3ccccc3C2=O)cc1CN1CC2CC(C1)c1cccc(=O)n1C2. The van der Waals surface area contributed by atoms with Crippen LogP contribution in [-0.4, -0.2) is 35.4 Å². The Morgan fingerprint density at radius 3 is 2.74 bits per heavy atom. The first-order valence-corrected chi connectivity index (χ1v) is 12.5. The fourth-order valence-electron chi connectivity index (χ4n) is 6.23. The molecule has 0 N–H and O–H groups in total. The predicted molar refractivity (Wildman–Crippen MR) is 137 cm³/mol. The Kier molecular flexibility index (Phi) is 5.65. The Bertz CT molecular complexity index is 1390. The van der Waals surface area contributed by atoms with Crippen molar-refractivity contribution in [3.8, 4) is 5.75 Å². The van der Waals surface area contributed by atoms with E-state index in [1.54, 1.807) is 13.2 Å². The summed E-state index contributed by atoms with van der Waals surface area (Å²) in [5.41, 5.74) is 6.30. The Labute approximate surface area is 205 Å². The number of methoxy groups -OCH3 is 1. The van der Waals surface area contributed by atoms with Gasteiger partial charge < -0.3 is 9.30 Å². The maximum Gasteiger partial charge on any atom is 0.250 e. The highest BCUT2D eigenvalue weighted by Gasteiger charge is 2.34. The van der Waals surface area contributed by atoms with Crippen molar-refractivity contribution in [2.45, 2.75) is 38.3 Å². The Balaban J connectivity index is 1.25. The second-order valence-corrected chi connectivity index (χ2v) is 10.1. The van der Waals surface area contributed by atoms with E-state index in [0.717, 1.165) is 79.0 Å². The van der Waals surface area contributed by atoms with Crippen LogP contribution in [0.1, 0.15) is 51.5 Å². The van der Waals surface area contributed by atoms with Crippen LogP contribution in [0.3, 0.4) is 0 Å². The Morgan fingerprint density at radius 1 is 0.971 bits per heavy atom. The van der Waals surface area contributed by atoms with Gasteiger partial charge in [-0.05, 0) is 60.6 Å². The number of Topliss-reactive ketones (excluding diaryl/α,β-unsaturated/α-hetero) is 1. The molecule has 1 aromatic heterocycles. The van der Waals surface area contributed by atoms with E-state index in [2.05, 4.69) is 29.2 Å². The van der Waals surface area contributed by atoms with Crippen molar-refractivity contribution in [1.29, 1.82) is 0 Å². The van der Waals surface area contributed by atoms with Gasteiger partial charge >= 0.3 is 0 Å². The van der Waals surface area contributed by atoms with Crippen LogP contribution >= 0.6 is 0 Å². The molecule has 0 radical (unpaired) electrons. The molecule has 3 aromatic rings. The number of pyridine rings is 1. The van der Waals surface area contributed by atoms with Gasteiger partial charge in [-0.25, -0.2) is 0 Å². The minimum absolute atomic E-state index is 0.118. The lowest BCUT2D eigenvalue weighted by atomic mass is 9.83. The molecule has 3 aliphatic rings. The van der Waals surface area contributed by atoms with Crippen LogP contribution in [0.4, 0.5) is 0 Å². The van der Waals surface area contributed by atoms with Gasteiger partial charge in [0.1, 0.15) is 5.75 Å². The number of ether oxygens (including phenoxy) is 1. The maximum absolute atomic E-state index is 13.1. The second-order valence-electron chi connectivity index (χ2n) is 10.1. The number of ketones is 1. The topological polar surface area (TPSA) is 51.5 Å². The predicted octanol–water partition coefficient (Wildman–Crippen LogP) is 4.69. The van der Waals surface area contributed by atoms with E-state index < -0.39 is 0 Å². The molecule has 5 nitrogen and oxygen atoms in total. The number of aryl methyl sites for hydroxylation is 1. The number of piperidine rings is 1. The Hall–Kier alpha value is -3.44. The van der Waals surface area contributed by atoms with Gasteiger partial charge in [-0.1, -0.05) is 36.4 Å². The molecule has 2 bridgehead atoms. The van der Waals surface area contributed by atoms with Gasteiger partial charge in [0.15, 0.2) is 5.78 Å². The first kappa shape index (κ1) is 22.1. The van der Waals surface area contributed by atoms with Crippen molar-refractivity contribution in [2.24, 2.45) is 5.92 Å². The number of carbonyl (C=O) groups is 1. The quantitative estimate of drug-likeness (QED) is 0.524. The first-order valence-electron chi connectivity index (χ1n) is 12.5. The highest BCUT2D eigenvalue weighted by atomic mass is 16.5. The standard InChI is InChI=1S/C30H30N2O3/c1-35-28-12-9-20(13-23-11-10-22-5-2-3-6-26(22)30(23)34)14-25(28)19-31-16-21-15-24(18-31)27-7-4-8-29(33)32(27)17-21/h2-9,12-14,21,24H,10-11,15-19H2,1H3. The number of carbonyl (C=O) groups excluding carboxylic acids is 1. The second kappa shape index (κ2) is 8.97. The summed E-state index contributed by atoms with van der Waals surface area (Å²) in [4.78, 5) is 27.9. The molecule has 35 heavy (non-hydrogen) atoms. The average Bonchev–Trinajstić information content (AvgIpc) is 2.87. The van der Waals surface area contributed by atoms with E-state index in [-0.39, 0.29) is 11.3 Å². The normalized spacial score (nSPS) is 22.5. The minimum atomic E-state index is 0.118. The van der Waals surface area contributed by atoms with Crippen LogP contribution in [0.15, 0.2) is 71.0 Å². The van der Waals surface area contributed by atoms with Gasteiger partial charge in [0.05, 0.1) is 7.11 Å². The number of fused-ring (bicyclic) bond motifs is 5. The van der Waals surface area contributed by atoms with Crippen LogP contribution in [0, 0.1) is 5.92 Å². The summed E-state index contributed by atoms with van der Waals surface area (Å²) in [5.74, 6) is 1.88. The van der Waals surface area contributed by atoms with Crippen LogP contribution in [0.5, 0.6) is 5.75 Å². The number of benzene rings is 2. The van der Waals surface area contributed by atoms with E-state index in [1.165, 1.54) is 5.69 Å². The molecule has 0 amide bonds. The molecule has 1 fully saturated rings. The molecule has 5 heteroatoms. The molecular weight excluding hydrogens is 436 g/mol. The summed E-state index contributed by atoms with van der Waals surface area (Å²) >= 11 is 0. The summed E-state index contributed by atoms with van der Waals surface area (Å²) in [7, 11) is 1.71. The van der Waals surface area contributed by atoms with Gasteiger partial charge in [-0.3, -0.25) is 14.5 Å². The lowest BCUT2D eigenvalue weighted by molar-refractivity contribution is 0.102. The van der Waals surface area contributed by atoms with E-state index in [4.69, 9.17) is 4.74 Å². The zero-order valence-electron chi connectivity index (χ0n) is 20.1. The number of rotatable bonds is 4. The van der Waals surface area contributed by atoms with Gasteiger partial charge in [0.25, 0.3) is 5.56 Å². The van der Waals surface area contributed by atoms with E-state index in [9.17, 15) is 9.59 Å². The summed E-state index contributed by atoms with van der Waals surface area (Å²) in [6.45, 7) is 3.50. The number of hydrogen-bond donors (Lipinski definition) is 0. The molecule has 2 unspecified atom stereocenters. The molecule has 3 heterocycles. The van der Waals surface area contributed by atoms with Crippen LogP contribution in [-0.2, 0) is 19.5 Å². The highest BCUT2D eigenvalue weighted by Crippen LogP contribution is 2.36. The van der Waals surface area contributed by atoms with Crippen LogP contribution in [0.2, 0.25) is 0 Å². The molecule has 0 spiro atoms. The minimum Gasteiger partial charge on any atom is -0.496 e. The summed E-state index contributed by atoms with van der Waals surface area (Å²) < 4.78 is 7.68. The summed E-state index contributed by atoms with van der Waals surface area (Å²) in [5, 5.41) is 0. The zero-order valence-corrected chi connectivity index (χ0v) is 20.1. The maximum atomic E-state index is 13.1. The van der Waals surface area contributed by atoms with E-state index in [1.807, 2.05) is 41.0 Å². The first-order chi connectivity index (χ1) is 17.1. The lowest BCUT2D eigenvalue weighted by Gasteiger charge is -2.43. The number of likely N-dealkylation sites (tertiary alicyclic amines) is 1. The number of nitrogens with zero attached hydrogens (tertiary/aromatic N) is 2. The molecule has 178 valence electrons. The fraction of sp³-hybridized carbons (Fsp3) is 0.333. The van der Waals surface area contributed by atoms with Gasteiger partial charge in [-0.2, -0.15) is 0 Å². The smallest absolute Gasteiger partial charge is 0.250 e. The van der Waals surface area contributed by atoms with Gasteiger partial charge in [0.2, 0.25) is 0 Å². The van der Waals surface area contributed by atoms with Crippen molar-refractivity contribution in [3.05, 3.63) is 105 Å². The largest absolute Gasteiger partial charge is 0.496 e. The number of aromatic nitrogens is 1. The average molecular weight is 467 g/mol. The van der Waals surface area contributed by atoms with Crippen molar-refractivity contribution in [1.82, 2.24) is 9.47 Å². The van der Waals surface area contributed by atoms with Crippen molar-refractivity contribution in [3.63, 3.8) is 0 Å². The third-order valence-corrected chi connectivity index (χ3v) is 7.81. The monoisotopic (exact) mass is 466 g/mol. The summed E-state index contributed by atoms with van der Waals surface area (Å²) in [6, 6.07) is 19.8. The lowest BCUT2D eigenvalue weighted by Crippen LogP contribution is -2.46. The molecule has 0 saturated carbocycles.